The SMILES string of the molecule is O=C(c1sccc1-n1cnnn1)N1CCC(CN2CCc3ccccc32)CC1. The molecule has 2 aliphatic rings. The van der Waals surface area contributed by atoms with Crippen LogP contribution in [0.2, 0.25) is 0 Å². The quantitative estimate of drug-likeness (QED) is 0.681. The first kappa shape index (κ1) is 17.4. The number of likely N-dealkylation sites (tertiary alicyclic amines) is 1. The summed E-state index contributed by atoms with van der Waals surface area (Å²) < 4.78 is 1.56. The third-order valence-corrected chi connectivity index (χ3v) is 6.69. The number of tetrazole rings is 1. The number of carbonyl (C=O) groups excluding carboxylic acids is 1. The van der Waals surface area contributed by atoms with Gasteiger partial charge >= 0.3 is 0 Å². The van der Waals surface area contributed by atoms with Crippen LogP contribution < -0.4 is 4.90 Å². The molecule has 8 heteroatoms. The number of hydrogen-bond donors (Lipinski definition) is 0. The average Bonchev–Trinajstić information content (AvgIpc) is 3.49. The fraction of sp³-hybridized carbons (Fsp3) is 0.400. The van der Waals surface area contributed by atoms with Crippen LogP contribution in [-0.4, -0.2) is 57.2 Å². The molecule has 3 aromatic rings. The number of carbonyl (C=O) groups is 1. The van der Waals surface area contributed by atoms with Gasteiger partial charge in [-0.25, -0.2) is 0 Å². The maximum absolute atomic E-state index is 13.0. The topological polar surface area (TPSA) is 67.2 Å². The summed E-state index contributed by atoms with van der Waals surface area (Å²) in [5, 5.41) is 13.2. The zero-order valence-corrected chi connectivity index (χ0v) is 16.4. The molecule has 28 heavy (non-hydrogen) atoms. The number of aromatic nitrogens is 4. The summed E-state index contributed by atoms with van der Waals surface area (Å²) in [4.78, 5) is 18.2. The van der Waals surface area contributed by atoms with Gasteiger partial charge in [-0.3, -0.25) is 4.79 Å². The zero-order valence-electron chi connectivity index (χ0n) is 15.6. The van der Waals surface area contributed by atoms with E-state index in [1.54, 1.807) is 4.68 Å². The van der Waals surface area contributed by atoms with E-state index in [1.807, 2.05) is 16.3 Å². The molecule has 0 saturated carbocycles. The minimum Gasteiger partial charge on any atom is -0.371 e. The summed E-state index contributed by atoms with van der Waals surface area (Å²) in [7, 11) is 0. The van der Waals surface area contributed by atoms with E-state index in [4.69, 9.17) is 0 Å². The molecule has 144 valence electrons. The summed E-state index contributed by atoms with van der Waals surface area (Å²) in [6, 6.07) is 10.6. The van der Waals surface area contributed by atoms with Crippen molar-refractivity contribution in [2.75, 3.05) is 31.1 Å². The molecule has 0 N–H and O–H groups in total. The Kier molecular flexibility index (Phi) is 4.56. The fourth-order valence-electron chi connectivity index (χ4n) is 4.28. The van der Waals surface area contributed by atoms with E-state index in [0.29, 0.717) is 10.8 Å². The Balaban J connectivity index is 1.21. The van der Waals surface area contributed by atoms with Crippen LogP contribution in [0, 0.1) is 5.92 Å². The van der Waals surface area contributed by atoms with E-state index in [0.717, 1.165) is 51.1 Å². The minimum atomic E-state index is 0.0884. The molecule has 0 atom stereocenters. The monoisotopic (exact) mass is 394 g/mol. The lowest BCUT2D eigenvalue weighted by Crippen LogP contribution is -2.41. The van der Waals surface area contributed by atoms with Crippen molar-refractivity contribution in [2.45, 2.75) is 19.3 Å². The summed E-state index contributed by atoms with van der Waals surface area (Å²) >= 11 is 1.45. The Labute approximate surface area is 167 Å². The van der Waals surface area contributed by atoms with Crippen molar-refractivity contribution in [3.05, 3.63) is 52.5 Å². The molecule has 2 aromatic heterocycles. The van der Waals surface area contributed by atoms with E-state index < -0.39 is 0 Å². The van der Waals surface area contributed by atoms with Gasteiger partial charge in [-0.05, 0) is 58.7 Å². The normalized spacial score (nSPS) is 17.1. The van der Waals surface area contributed by atoms with Crippen molar-refractivity contribution < 1.29 is 4.79 Å². The minimum absolute atomic E-state index is 0.0884. The maximum Gasteiger partial charge on any atom is 0.266 e. The summed E-state index contributed by atoms with van der Waals surface area (Å²) in [5.41, 5.74) is 3.62. The number of nitrogens with zero attached hydrogens (tertiary/aromatic N) is 6. The van der Waals surface area contributed by atoms with Crippen LogP contribution >= 0.6 is 11.3 Å². The van der Waals surface area contributed by atoms with Gasteiger partial charge in [0.1, 0.15) is 11.2 Å². The van der Waals surface area contributed by atoms with E-state index in [9.17, 15) is 4.79 Å². The third-order valence-electron chi connectivity index (χ3n) is 5.80. The molecule has 4 heterocycles. The molecule has 1 amide bonds. The Morgan fingerprint density at radius 1 is 1.11 bits per heavy atom. The van der Waals surface area contributed by atoms with Gasteiger partial charge in [0, 0.05) is 31.9 Å². The van der Waals surface area contributed by atoms with E-state index in [1.165, 1.54) is 28.9 Å². The molecule has 0 bridgehead atoms. The van der Waals surface area contributed by atoms with Crippen LogP contribution in [-0.2, 0) is 6.42 Å². The van der Waals surface area contributed by atoms with Crippen LogP contribution in [0.25, 0.3) is 5.69 Å². The number of rotatable bonds is 4. The van der Waals surface area contributed by atoms with Crippen LogP contribution in [0.4, 0.5) is 5.69 Å². The maximum atomic E-state index is 13.0. The number of hydrogen-bond acceptors (Lipinski definition) is 6. The first-order valence-corrected chi connectivity index (χ1v) is 10.6. The highest BCUT2D eigenvalue weighted by Crippen LogP contribution is 2.31. The lowest BCUT2D eigenvalue weighted by atomic mass is 9.96. The van der Waals surface area contributed by atoms with Crippen LogP contribution in [0.5, 0.6) is 0 Å². The first-order valence-electron chi connectivity index (χ1n) is 9.72. The van der Waals surface area contributed by atoms with Gasteiger partial charge in [-0.1, -0.05) is 18.2 Å². The second kappa shape index (κ2) is 7.35. The lowest BCUT2D eigenvalue weighted by molar-refractivity contribution is 0.0697. The van der Waals surface area contributed by atoms with Crippen LogP contribution in [0.3, 0.4) is 0 Å². The smallest absolute Gasteiger partial charge is 0.266 e. The Morgan fingerprint density at radius 3 is 2.79 bits per heavy atom. The highest BCUT2D eigenvalue weighted by atomic mass is 32.1. The van der Waals surface area contributed by atoms with E-state index in [2.05, 4.69) is 44.7 Å². The average molecular weight is 395 g/mol. The predicted molar refractivity (Wildman–Crippen MR) is 108 cm³/mol. The number of para-hydroxylation sites is 1. The molecule has 2 aliphatic heterocycles. The molecule has 0 spiro atoms. The number of amides is 1. The molecule has 1 saturated heterocycles. The largest absolute Gasteiger partial charge is 0.371 e. The summed E-state index contributed by atoms with van der Waals surface area (Å²) in [6.07, 6.45) is 4.77. The molecular weight excluding hydrogens is 372 g/mol. The van der Waals surface area contributed by atoms with Gasteiger partial charge < -0.3 is 9.80 Å². The Bertz CT molecular complexity index is 961. The highest BCUT2D eigenvalue weighted by Gasteiger charge is 2.29. The molecule has 0 aliphatic carbocycles. The summed E-state index contributed by atoms with van der Waals surface area (Å²) in [5.74, 6) is 0.725. The Morgan fingerprint density at radius 2 is 1.96 bits per heavy atom. The van der Waals surface area contributed by atoms with Crippen molar-refractivity contribution in [3.8, 4) is 5.69 Å². The molecule has 1 aromatic carbocycles. The second-order valence-corrected chi connectivity index (χ2v) is 8.37. The standard InChI is InChI=1S/C20H22N6OS/c27-20(19-18(8-12-28-19)26-14-21-22-23-26)24-9-5-15(6-10-24)13-25-11-7-16-3-1-2-4-17(16)25/h1-4,8,12,14-15H,5-7,9-11,13H2. The number of fused-ring (bicyclic) bond motifs is 1. The zero-order chi connectivity index (χ0) is 18.9. The van der Waals surface area contributed by atoms with Gasteiger partial charge in [0.2, 0.25) is 0 Å². The van der Waals surface area contributed by atoms with Crippen molar-refractivity contribution in [3.63, 3.8) is 0 Å². The van der Waals surface area contributed by atoms with Crippen molar-refractivity contribution >= 4 is 22.9 Å². The fourth-order valence-corrected chi connectivity index (χ4v) is 5.13. The highest BCUT2D eigenvalue weighted by molar-refractivity contribution is 7.12. The lowest BCUT2D eigenvalue weighted by Gasteiger charge is -2.34. The Hall–Kier alpha value is -2.74. The van der Waals surface area contributed by atoms with E-state index in [-0.39, 0.29) is 5.91 Å². The van der Waals surface area contributed by atoms with Crippen molar-refractivity contribution in [1.82, 2.24) is 25.1 Å². The molecule has 5 rings (SSSR count). The number of benzene rings is 1. The summed E-state index contributed by atoms with van der Waals surface area (Å²) in [6.45, 7) is 3.83. The molecule has 1 fully saturated rings. The third kappa shape index (κ3) is 3.17. The molecule has 0 radical (unpaired) electrons. The van der Waals surface area contributed by atoms with Crippen LogP contribution in [0.15, 0.2) is 42.0 Å². The second-order valence-electron chi connectivity index (χ2n) is 7.45. The molecule has 0 unspecified atom stereocenters. The van der Waals surface area contributed by atoms with Gasteiger partial charge in [-0.2, -0.15) is 4.68 Å². The van der Waals surface area contributed by atoms with E-state index >= 15 is 0 Å². The first-order chi connectivity index (χ1) is 13.8. The van der Waals surface area contributed by atoms with Crippen molar-refractivity contribution in [1.29, 1.82) is 0 Å². The van der Waals surface area contributed by atoms with Gasteiger partial charge in [-0.15, -0.1) is 16.4 Å². The predicted octanol–water partition coefficient (Wildman–Crippen LogP) is 2.64. The number of anilines is 1. The van der Waals surface area contributed by atoms with Crippen molar-refractivity contribution in [2.24, 2.45) is 5.92 Å². The number of thiophene rings is 1. The molecular formula is C20H22N6OS. The van der Waals surface area contributed by atoms with Crippen LogP contribution in [0.1, 0.15) is 28.1 Å². The van der Waals surface area contributed by atoms with Gasteiger partial charge in [0.05, 0.1) is 5.69 Å². The van der Waals surface area contributed by atoms with Gasteiger partial charge in [0.25, 0.3) is 5.91 Å². The van der Waals surface area contributed by atoms with Gasteiger partial charge in [0.15, 0.2) is 0 Å². The number of piperidine rings is 1. The molecule has 7 nitrogen and oxygen atoms in total.